The summed E-state index contributed by atoms with van der Waals surface area (Å²) in [5, 5.41) is 9.13. The second-order valence-corrected chi connectivity index (χ2v) is 4.50. The van der Waals surface area contributed by atoms with Crippen molar-refractivity contribution in [1.82, 2.24) is 4.90 Å². The molecule has 5 heteroatoms. The van der Waals surface area contributed by atoms with Crippen LogP contribution in [-0.4, -0.2) is 41.6 Å². The number of phenols is 1. The van der Waals surface area contributed by atoms with Crippen LogP contribution in [0, 0.1) is 0 Å². The SMILES string of the molecule is CCCN(CCC)C(=O)COC(=O)c1ccc(O)cc1. The van der Waals surface area contributed by atoms with Crippen LogP contribution in [0.1, 0.15) is 37.0 Å². The number of carbonyl (C=O) groups is 2. The molecule has 0 spiro atoms. The van der Waals surface area contributed by atoms with E-state index >= 15 is 0 Å². The Morgan fingerprint density at radius 1 is 1.10 bits per heavy atom. The number of ether oxygens (including phenoxy) is 1. The summed E-state index contributed by atoms with van der Waals surface area (Å²) in [5.74, 6) is -0.665. The molecule has 110 valence electrons. The first-order chi connectivity index (χ1) is 9.58. The Morgan fingerprint density at radius 3 is 2.15 bits per heavy atom. The summed E-state index contributed by atoms with van der Waals surface area (Å²) in [6.07, 6.45) is 1.75. The predicted octanol–water partition coefficient (Wildman–Crippen LogP) is 2.20. The van der Waals surface area contributed by atoms with Gasteiger partial charge in [0.05, 0.1) is 5.56 Å². The maximum absolute atomic E-state index is 11.9. The molecule has 5 nitrogen and oxygen atoms in total. The molecular formula is C15H21NO4. The number of hydrogen-bond acceptors (Lipinski definition) is 4. The highest BCUT2D eigenvalue weighted by atomic mass is 16.5. The van der Waals surface area contributed by atoms with E-state index in [9.17, 15) is 9.59 Å². The van der Waals surface area contributed by atoms with Gasteiger partial charge < -0.3 is 14.7 Å². The van der Waals surface area contributed by atoms with Crippen molar-refractivity contribution in [3.05, 3.63) is 29.8 Å². The fourth-order valence-corrected chi connectivity index (χ4v) is 1.80. The third-order valence-electron chi connectivity index (χ3n) is 2.77. The molecule has 0 fully saturated rings. The van der Waals surface area contributed by atoms with Gasteiger partial charge in [-0.25, -0.2) is 4.79 Å². The van der Waals surface area contributed by atoms with Crippen molar-refractivity contribution < 1.29 is 19.4 Å². The molecule has 0 aromatic heterocycles. The van der Waals surface area contributed by atoms with Gasteiger partial charge in [-0.3, -0.25) is 4.79 Å². The average molecular weight is 279 g/mol. The quantitative estimate of drug-likeness (QED) is 0.777. The Balaban J connectivity index is 2.50. The third kappa shape index (κ3) is 4.91. The fourth-order valence-electron chi connectivity index (χ4n) is 1.80. The third-order valence-corrected chi connectivity index (χ3v) is 2.77. The first kappa shape index (κ1) is 16.0. The van der Waals surface area contributed by atoms with E-state index in [4.69, 9.17) is 9.84 Å². The number of amides is 1. The molecule has 1 aromatic rings. The van der Waals surface area contributed by atoms with Crippen molar-refractivity contribution >= 4 is 11.9 Å². The minimum absolute atomic E-state index is 0.0784. The summed E-state index contributed by atoms with van der Waals surface area (Å²) in [7, 11) is 0. The predicted molar refractivity (Wildman–Crippen MR) is 75.6 cm³/mol. The lowest BCUT2D eigenvalue weighted by atomic mass is 10.2. The molecule has 0 bridgehead atoms. The van der Waals surface area contributed by atoms with Gasteiger partial charge in [0.25, 0.3) is 5.91 Å². The fraction of sp³-hybridized carbons (Fsp3) is 0.467. The number of phenolic OH excluding ortho intramolecular Hbond substituents is 1. The molecule has 0 aliphatic heterocycles. The van der Waals surface area contributed by atoms with E-state index in [2.05, 4.69) is 0 Å². The lowest BCUT2D eigenvalue weighted by Crippen LogP contribution is -2.35. The Kier molecular flexibility index (Phi) is 6.56. The first-order valence-corrected chi connectivity index (χ1v) is 6.82. The monoisotopic (exact) mass is 279 g/mol. The van der Waals surface area contributed by atoms with Crippen LogP contribution in [0.4, 0.5) is 0 Å². The van der Waals surface area contributed by atoms with Gasteiger partial charge >= 0.3 is 5.97 Å². The van der Waals surface area contributed by atoms with Crippen LogP contribution in [0.5, 0.6) is 5.75 Å². The molecular weight excluding hydrogens is 258 g/mol. The number of hydrogen-bond donors (Lipinski definition) is 1. The molecule has 1 amide bonds. The van der Waals surface area contributed by atoms with Crippen molar-refractivity contribution in [3.8, 4) is 5.75 Å². The number of esters is 1. The van der Waals surface area contributed by atoms with Crippen molar-refractivity contribution in [2.24, 2.45) is 0 Å². The minimum atomic E-state index is -0.564. The van der Waals surface area contributed by atoms with Crippen LogP contribution < -0.4 is 0 Å². The number of carbonyl (C=O) groups excluding carboxylic acids is 2. The largest absolute Gasteiger partial charge is 0.508 e. The number of nitrogens with zero attached hydrogens (tertiary/aromatic N) is 1. The topological polar surface area (TPSA) is 66.8 Å². The molecule has 0 unspecified atom stereocenters. The Hall–Kier alpha value is -2.04. The molecule has 0 aliphatic rings. The molecule has 0 aliphatic carbocycles. The average Bonchev–Trinajstić information content (AvgIpc) is 2.45. The molecule has 1 N–H and O–H groups in total. The zero-order valence-corrected chi connectivity index (χ0v) is 12.0. The minimum Gasteiger partial charge on any atom is -0.508 e. The second kappa shape index (κ2) is 8.19. The van der Waals surface area contributed by atoms with E-state index in [0.717, 1.165) is 12.8 Å². The summed E-state index contributed by atoms with van der Waals surface area (Å²) >= 11 is 0. The lowest BCUT2D eigenvalue weighted by molar-refractivity contribution is -0.134. The molecule has 1 rings (SSSR count). The van der Waals surface area contributed by atoms with Crippen molar-refractivity contribution in [1.29, 1.82) is 0 Å². The van der Waals surface area contributed by atoms with Crippen LogP contribution in [0.2, 0.25) is 0 Å². The first-order valence-electron chi connectivity index (χ1n) is 6.82. The van der Waals surface area contributed by atoms with E-state index in [-0.39, 0.29) is 18.3 Å². The number of rotatable bonds is 7. The van der Waals surface area contributed by atoms with E-state index < -0.39 is 5.97 Å². The summed E-state index contributed by atoms with van der Waals surface area (Å²) < 4.78 is 4.99. The van der Waals surface area contributed by atoms with Gasteiger partial charge in [-0.1, -0.05) is 13.8 Å². The Labute approximate surface area is 119 Å². The van der Waals surface area contributed by atoms with Gasteiger partial charge in [0.2, 0.25) is 0 Å². The molecule has 0 heterocycles. The second-order valence-electron chi connectivity index (χ2n) is 4.50. The highest BCUT2D eigenvalue weighted by Gasteiger charge is 2.15. The van der Waals surface area contributed by atoms with Crippen LogP contribution in [-0.2, 0) is 9.53 Å². The molecule has 20 heavy (non-hydrogen) atoms. The van der Waals surface area contributed by atoms with Gasteiger partial charge in [-0.15, -0.1) is 0 Å². The molecule has 0 atom stereocenters. The Bertz CT molecular complexity index is 436. The van der Waals surface area contributed by atoms with Crippen LogP contribution >= 0.6 is 0 Å². The zero-order valence-electron chi connectivity index (χ0n) is 12.0. The maximum Gasteiger partial charge on any atom is 0.338 e. The normalized spacial score (nSPS) is 10.1. The van der Waals surface area contributed by atoms with E-state index in [1.807, 2.05) is 13.8 Å². The number of benzene rings is 1. The highest BCUT2D eigenvalue weighted by Crippen LogP contribution is 2.10. The van der Waals surface area contributed by atoms with E-state index in [1.165, 1.54) is 24.3 Å². The van der Waals surface area contributed by atoms with Gasteiger partial charge in [0.15, 0.2) is 6.61 Å². The van der Waals surface area contributed by atoms with Crippen molar-refractivity contribution in [2.75, 3.05) is 19.7 Å². The summed E-state index contributed by atoms with van der Waals surface area (Å²) in [6, 6.07) is 5.72. The van der Waals surface area contributed by atoms with Gasteiger partial charge in [0.1, 0.15) is 5.75 Å². The van der Waals surface area contributed by atoms with Crippen molar-refractivity contribution in [3.63, 3.8) is 0 Å². The Morgan fingerprint density at radius 2 is 1.65 bits per heavy atom. The standard InChI is InChI=1S/C15H21NO4/c1-3-9-16(10-4-2)14(18)11-20-15(19)12-5-7-13(17)8-6-12/h5-8,17H,3-4,9-11H2,1-2H3. The maximum atomic E-state index is 11.9. The van der Waals surface area contributed by atoms with Gasteiger partial charge in [0, 0.05) is 13.1 Å². The lowest BCUT2D eigenvalue weighted by Gasteiger charge is -2.21. The van der Waals surface area contributed by atoms with Gasteiger partial charge in [-0.2, -0.15) is 0 Å². The van der Waals surface area contributed by atoms with Crippen LogP contribution in [0.25, 0.3) is 0 Å². The smallest absolute Gasteiger partial charge is 0.338 e. The van der Waals surface area contributed by atoms with E-state index in [1.54, 1.807) is 4.90 Å². The van der Waals surface area contributed by atoms with Crippen LogP contribution in [0.3, 0.4) is 0 Å². The molecule has 0 saturated carbocycles. The molecule has 1 aromatic carbocycles. The van der Waals surface area contributed by atoms with Gasteiger partial charge in [-0.05, 0) is 37.1 Å². The summed E-state index contributed by atoms with van der Waals surface area (Å²) in [5.41, 5.74) is 0.313. The highest BCUT2D eigenvalue weighted by molar-refractivity contribution is 5.91. The number of aromatic hydroxyl groups is 1. The summed E-state index contributed by atoms with van der Waals surface area (Å²) in [6.45, 7) is 5.09. The van der Waals surface area contributed by atoms with Crippen LogP contribution in [0.15, 0.2) is 24.3 Å². The zero-order chi connectivity index (χ0) is 15.0. The van der Waals surface area contributed by atoms with Crippen molar-refractivity contribution in [2.45, 2.75) is 26.7 Å². The summed E-state index contributed by atoms with van der Waals surface area (Å²) in [4.78, 5) is 25.3. The molecule has 0 radical (unpaired) electrons. The molecule has 0 saturated heterocycles. The van der Waals surface area contributed by atoms with E-state index in [0.29, 0.717) is 18.7 Å².